The van der Waals surface area contributed by atoms with Gasteiger partial charge in [0.1, 0.15) is 0 Å². The lowest BCUT2D eigenvalue weighted by atomic mass is 10.1. The number of fused-ring (bicyclic) bond motifs is 1. The second-order valence-electron chi connectivity index (χ2n) is 8.25. The van der Waals surface area contributed by atoms with Crippen molar-refractivity contribution in [3.05, 3.63) is 53.6 Å². The van der Waals surface area contributed by atoms with Gasteiger partial charge in [0.15, 0.2) is 11.5 Å². The Morgan fingerprint density at radius 3 is 2.31 bits per heavy atom. The summed E-state index contributed by atoms with van der Waals surface area (Å²) in [6, 6.07) is 12.7. The fraction of sp³-hybridized carbons (Fsp3) is 0.458. The molecule has 2 aromatic rings. The van der Waals surface area contributed by atoms with E-state index in [1.165, 1.54) is 0 Å². The van der Waals surface area contributed by atoms with E-state index < -0.39 is 10.0 Å². The Bertz CT molecular complexity index is 1030. The minimum atomic E-state index is -3.44. The fourth-order valence-corrected chi connectivity index (χ4v) is 5.57. The summed E-state index contributed by atoms with van der Waals surface area (Å²) < 4.78 is 38.0. The normalized spacial score (nSPS) is 16.5. The van der Waals surface area contributed by atoms with Gasteiger partial charge in [-0.3, -0.25) is 4.79 Å². The van der Waals surface area contributed by atoms with Gasteiger partial charge in [0.05, 0.1) is 4.90 Å². The highest BCUT2D eigenvalue weighted by Gasteiger charge is 2.24. The number of nitrogens with one attached hydrogen (secondary N) is 1. The summed E-state index contributed by atoms with van der Waals surface area (Å²) in [4.78, 5) is 12.5. The molecule has 32 heavy (non-hydrogen) atoms. The van der Waals surface area contributed by atoms with Crippen molar-refractivity contribution in [1.29, 1.82) is 0 Å². The first-order valence-corrected chi connectivity index (χ1v) is 12.7. The predicted octanol–water partition coefficient (Wildman–Crippen LogP) is 3.27. The van der Waals surface area contributed by atoms with Crippen LogP contribution in [0.5, 0.6) is 11.5 Å². The van der Waals surface area contributed by atoms with Gasteiger partial charge in [0.2, 0.25) is 22.7 Å². The standard InChI is InChI=1S/C24H30N2O5S/c27-24(25-14-13-20-7-11-22-23(17-20)31-18-30-22)12-8-19-5-9-21(10-6-19)32(28,29)26-15-3-1-2-4-16-26/h5-7,9-11,17H,1-4,8,12-16,18H2,(H,25,27). The Morgan fingerprint density at radius 2 is 1.56 bits per heavy atom. The van der Waals surface area contributed by atoms with Crippen molar-refractivity contribution in [1.82, 2.24) is 9.62 Å². The van der Waals surface area contributed by atoms with Crippen LogP contribution in [0.1, 0.15) is 43.2 Å². The molecule has 8 heteroatoms. The van der Waals surface area contributed by atoms with Crippen LogP contribution in [0.3, 0.4) is 0 Å². The van der Waals surface area contributed by atoms with Crippen LogP contribution in [0.4, 0.5) is 0 Å². The van der Waals surface area contributed by atoms with Gasteiger partial charge < -0.3 is 14.8 Å². The third-order valence-electron chi connectivity index (χ3n) is 5.94. The second-order valence-corrected chi connectivity index (χ2v) is 10.2. The number of rotatable bonds is 8. The molecule has 0 spiro atoms. The third-order valence-corrected chi connectivity index (χ3v) is 7.85. The Balaban J connectivity index is 1.22. The van der Waals surface area contributed by atoms with E-state index in [1.54, 1.807) is 16.4 Å². The van der Waals surface area contributed by atoms with Gasteiger partial charge in [-0.2, -0.15) is 4.31 Å². The maximum absolute atomic E-state index is 12.9. The van der Waals surface area contributed by atoms with Gasteiger partial charge >= 0.3 is 0 Å². The van der Waals surface area contributed by atoms with Crippen molar-refractivity contribution in [2.24, 2.45) is 0 Å². The van der Waals surface area contributed by atoms with Crippen LogP contribution < -0.4 is 14.8 Å². The zero-order valence-corrected chi connectivity index (χ0v) is 19.0. The first kappa shape index (κ1) is 22.6. The van der Waals surface area contributed by atoms with Crippen molar-refractivity contribution >= 4 is 15.9 Å². The lowest BCUT2D eigenvalue weighted by Gasteiger charge is -2.20. The summed E-state index contributed by atoms with van der Waals surface area (Å²) in [5.41, 5.74) is 2.03. The quantitative estimate of drug-likeness (QED) is 0.656. The summed E-state index contributed by atoms with van der Waals surface area (Å²) in [5.74, 6) is 1.48. The molecule has 1 amide bonds. The van der Waals surface area contributed by atoms with Crippen molar-refractivity contribution < 1.29 is 22.7 Å². The maximum atomic E-state index is 12.9. The molecule has 2 heterocycles. The second kappa shape index (κ2) is 10.4. The van der Waals surface area contributed by atoms with E-state index in [2.05, 4.69) is 5.32 Å². The molecule has 1 fully saturated rings. The zero-order valence-electron chi connectivity index (χ0n) is 18.2. The summed E-state index contributed by atoms with van der Waals surface area (Å²) in [6.45, 7) is 1.99. The molecule has 0 aliphatic carbocycles. The van der Waals surface area contributed by atoms with Gasteiger partial charge in [0.25, 0.3) is 0 Å². The Kier molecular flexibility index (Phi) is 7.32. The predicted molar refractivity (Wildman–Crippen MR) is 121 cm³/mol. The molecule has 0 radical (unpaired) electrons. The lowest BCUT2D eigenvalue weighted by molar-refractivity contribution is -0.121. The molecular formula is C24H30N2O5S. The number of ether oxygens (including phenoxy) is 2. The molecule has 0 bridgehead atoms. The highest BCUT2D eigenvalue weighted by molar-refractivity contribution is 7.89. The summed E-state index contributed by atoms with van der Waals surface area (Å²) in [7, 11) is -3.44. The molecule has 2 aromatic carbocycles. The Labute approximate surface area is 189 Å². The van der Waals surface area contributed by atoms with Crippen LogP contribution in [-0.4, -0.2) is 45.1 Å². The number of sulfonamides is 1. The van der Waals surface area contributed by atoms with Crippen LogP contribution in [0.25, 0.3) is 0 Å². The van der Waals surface area contributed by atoms with Crippen molar-refractivity contribution in [3.8, 4) is 11.5 Å². The number of carbonyl (C=O) groups is 1. The van der Waals surface area contributed by atoms with Crippen molar-refractivity contribution in [2.45, 2.75) is 49.8 Å². The Hall–Kier alpha value is -2.58. The minimum Gasteiger partial charge on any atom is -0.454 e. The molecule has 1 saturated heterocycles. The van der Waals surface area contributed by atoms with Crippen molar-refractivity contribution in [3.63, 3.8) is 0 Å². The van der Waals surface area contributed by atoms with Crippen LogP contribution in [-0.2, 0) is 27.7 Å². The Morgan fingerprint density at radius 1 is 0.875 bits per heavy atom. The number of aryl methyl sites for hydroxylation is 1. The van der Waals surface area contributed by atoms with Crippen LogP contribution in [0, 0.1) is 0 Å². The lowest BCUT2D eigenvalue weighted by Crippen LogP contribution is -2.31. The van der Waals surface area contributed by atoms with E-state index in [4.69, 9.17) is 9.47 Å². The highest BCUT2D eigenvalue weighted by Crippen LogP contribution is 2.32. The summed E-state index contributed by atoms with van der Waals surface area (Å²) >= 11 is 0. The molecule has 0 saturated carbocycles. The molecule has 7 nitrogen and oxygen atoms in total. The van der Waals surface area contributed by atoms with Crippen molar-refractivity contribution in [2.75, 3.05) is 26.4 Å². The van der Waals surface area contributed by atoms with E-state index in [-0.39, 0.29) is 12.7 Å². The molecule has 4 rings (SSSR count). The van der Waals surface area contributed by atoms with E-state index in [1.807, 2.05) is 30.3 Å². The SMILES string of the molecule is O=C(CCc1ccc(S(=O)(=O)N2CCCCCC2)cc1)NCCc1ccc2c(c1)OCO2. The molecule has 2 aliphatic rings. The van der Waals surface area contributed by atoms with Crippen LogP contribution >= 0.6 is 0 Å². The molecule has 0 unspecified atom stereocenters. The minimum absolute atomic E-state index is 0.0213. The third kappa shape index (κ3) is 5.61. The zero-order chi connectivity index (χ0) is 22.4. The van der Waals surface area contributed by atoms with E-state index in [9.17, 15) is 13.2 Å². The van der Waals surface area contributed by atoms with E-state index in [0.717, 1.165) is 48.3 Å². The molecule has 0 aromatic heterocycles. The van der Waals surface area contributed by atoms with E-state index in [0.29, 0.717) is 43.8 Å². The number of amides is 1. The van der Waals surface area contributed by atoms with E-state index >= 15 is 0 Å². The fourth-order valence-electron chi connectivity index (χ4n) is 4.05. The molecule has 0 atom stereocenters. The number of nitrogens with zero attached hydrogens (tertiary/aromatic N) is 1. The first-order valence-electron chi connectivity index (χ1n) is 11.3. The topological polar surface area (TPSA) is 84.9 Å². The average Bonchev–Trinajstić information content (AvgIpc) is 3.08. The van der Waals surface area contributed by atoms with Gasteiger partial charge in [-0.15, -0.1) is 0 Å². The average molecular weight is 459 g/mol. The number of benzene rings is 2. The van der Waals surface area contributed by atoms with Crippen LogP contribution in [0.15, 0.2) is 47.4 Å². The number of hydrogen-bond donors (Lipinski definition) is 1. The van der Waals surface area contributed by atoms with Gasteiger partial charge in [-0.25, -0.2) is 8.42 Å². The molecular weight excluding hydrogens is 428 g/mol. The smallest absolute Gasteiger partial charge is 0.243 e. The first-order chi connectivity index (χ1) is 15.5. The molecule has 1 N–H and O–H groups in total. The maximum Gasteiger partial charge on any atom is 0.243 e. The van der Waals surface area contributed by atoms with Crippen LogP contribution in [0.2, 0.25) is 0 Å². The van der Waals surface area contributed by atoms with Gasteiger partial charge in [-0.05, 0) is 61.1 Å². The summed E-state index contributed by atoms with van der Waals surface area (Å²) in [5, 5.41) is 2.94. The largest absolute Gasteiger partial charge is 0.454 e. The van der Waals surface area contributed by atoms with Gasteiger partial charge in [-0.1, -0.05) is 31.0 Å². The molecule has 172 valence electrons. The number of carbonyl (C=O) groups excluding carboxylic acids is 1. The monoisotopic (exact) mass is 458 g/mol. The number of hydrogen-bond acceptors (Lipinski definition) is 5. The van der Waals surface area contributed by atoms with Gasteiger partial charge in [0, 0.05) is 26.1 Å². The molecule has 2 aliphatic heterocycles. The highest BCUT2D eigenvalue weighted by atomic mass is 32.2. The summed E-state index contributed by atoms with van der Waals surface area (Å²) in [6.07, 6.45) is 5.65.